The van der Waals surface area contributed by atoms with Crippen LogP contribution in [0, 0.1) is 5.92 Å². The van der Waals surface area contributed by atoms with Gasteiger partial charge in [-0.15, -0.1) is 0 Å². The van der Waals surface area contributed by atoms with Crippen LogP contribution in [0.1, 0.15) is 50.2 Å². The zero-order chi connectivity index (χ0) is 12.3. The summed E-state index contributed by atoms with van der Waals surface area (Å²) in [5.41, 5.74) is 3.17. The highest BCUT2D eigenvalue weighted by molar-refractivity contribution is 5.36. The van der Waals surface area contributed by atoms with Gasteiger partial charge >= 0.3 is 0 Å². The second-order valence-electron chi connectivity index (χ2n) is 5.24. The van der Waals surface area contributed by atoms with Crippen molar-refractivity contribution in [2.75, 3.05) is 7.05 Å². The number of hydrogen-bond donors (Lipinski definition) is 1. The van der Waals surface area contributed by atoms with Crippen molar-refractivity contribution in [1.29, 1.82) is 0 Å². The van der Waals surface area contributed by atoms with E-state index in [1.54, 1.807) is 11.1 Å². The summed E-state index contributed by atoms with van der Waals surface area (Å²) in [7, 11) is 2.13. The minimum atomic E-state index is 0.647. The number of hydrogen-bond acceptors (Lipinski definition) is 1. The number of benzene rings is 1. The first-order chi connectivity index (χ1) is 8.31. The lowest BCUT2D eigenvalue weighted by atomic mass is 9.82. The number of aryl methyl sites for hydroxylation is 1. The van der Waals surface area contributed by atoms with Gasteiger partial charge in [0.05, 0.1) is 0 Å². The quantitative estimate of drug-likeness (QED) is 0.814. The molecule has 0 spiro atoms. The molecule has 0 saturated carbocycles. The first-order valence-electron chi connectivity index (χ1n) is 7.06. The minimum Gasteiger partial charge on any atom is -0.316 e. The summed E-state index contributed by atoms with van der Waals surface area (Å²) in [6, 6.07) is 9.65. The lowest BCUT2D eigenvalue weighted by Crippen LogP contribution is -2.38. The Morgan fingerprint density at radius 1 is 1.24 bits per heavy atom. The second kappa shape index (κ2) is 5.68. The van der Waals surface area contributed by atoms with E-state index in [1.165, 1.54) is 25.7 Å². The van der Waals surface area contributed by atoms with Crippen LogP contribution in [0.3, 0.4) is 0 Å². The van der Waals surface area contributed by atoms with E-state index in [9.17, 15) is 0 Å². The number of likely N-dealkylation sites (N-methyl/N-ethyl adjacent to an activating group) is 1. The molecular formula is C16H25N. The fourth-order valence-corrected chi connectivity index (χ4v) is 3.53. The van der Waals surface area contributed by atoms with Gasteiger partial charge in [-0.05, 0) is 36.9 Å². The SMILES string of the molecule is CCC(CC)C(NC)C1CCc2ccccc21. The maximum absolute atomic E-state index is 3.59. The molecule has 2 atom stereocenters. The molecule has 0 amide bonds. The van der Waals surface area contributed by atoms with Crippen molar-refractivity contribution in [3.8, 4) is 0 Å². The van der Waals surface area contributed by atoms with Crippen molar-refractivity contribution in [2.45, 2.75) is 51.5 Å². The van der Waals surface area contributed by atoms with Crippen molar-refractivity contribution in [1.82, 2.24) is 5.32 Å². The summed E-state index contributed by atoms with van der Waals surface area (Å²) in [5.74, 6) is 1.53. The van der Waals surface area contributed by atoms with Crippen LogP contribution < -0.4 is 5.32 Å². The Morgan fingerprint density at radius 2 is 1.94 bits per heavy atom. The molecule has 1 aliphatic rings. The van der Waals surface area contributed by atoms with Gasteiger partial charge in [-0.2, -0.15) is 0 Å². The summed E-state index contributed by atoms with van der Waals surface area (Å²) in [4.78, 5) is 0. The molecular weight excluding hydrogens is 206 g/mol. The van der Waals surface area contributed by atoms with Gasteiger partial charge in [-0.3, -0.25) is 0 Å². The zero-order valence-electron chi connectivity index (χ0n) is 11.4. The summed E-state index contributed by atoms with van der Waals surface area (Å²) in [6.07, 6.45) is 5.14. The van der Waals surface area contributed by atoms with Gasteiger partial charge < -0.3 is 5.32 Å². The molecule has 1 N–H and O–H groups in total. The lowest BCUT2D eigenvalue weighted by Gasteiger charge is -2.31. The normalized spacial score (nSPS) is 20.6. The molecule has 1 nitrogen and oxygen atoms in total. The lowest BCUT2D eigenvalue weighted by molar-refractivity contribution is 0.304. The molecule has 1 heteroatoms. The molecule has 0 heterocycles. The van der Waals surface area contributed by atoms with Crippen molar-refractivity contribution < 1.29 is 0 Å². The molecule has 2 unspecified atom stereocenters. The summed E-state index contributed by atoms with van der Waals surface area (Å²) >= 11 is 0. The molecule has 0 fully saturated rings. The topological polar surface area (TPSA) is 12.0 Å². The van der Waals surface area contributed by atoms with Crippen LogP contribution in [-0.4, -0.2) is 13.1 Å². The first-order valence-corrected chi connectivity index (χ1v) is 7.06. The van der Waals surface area contributed by atoms with E-state index in [1.807, 2.05) is 0 Å². The minimum absolute atomic E-state index is 0.647. The Bertz CT molecular complexity index is 354. The Balaban J connectivity index is 2.22. The van der Waals surface area contributed by atoms with Crippen LogP contribution in [0.2, 0.25) is 0 Å². The fraction of sp³-hybridized carbons (Fsp3) is 0.625. The second-order valence-corrected chi connectivity index (χ2v) is 5.24. The molecule has 0 radical (unpaired) electrons. The van der Waals surface area contributed by atoms with E-state index in [-0.39, 0.29) is 0 Å². The van der Waals surface area contributed by atoms with Gasteiger partial charge in [0.1, 0.15) is 0 Å². The van der Waals surface area contributed by atoms with E-state index in [4.69, 9.17) is 0 Å². The number of nitrogens with one attached hydrogen (secondary N) is 1. The molecule has 94 valence electrons. The Hall–Kier alpha value is -0.820. The third-order valence-electron chi connectivity index (χ3n) is 4.50. The van der Waals surface area contributed by atoms with Gasteiger partial charge in [0.15, 0.2) is 0 Å². The van der Waals surface area contributed by atoms with Crippen LogP contribution in [0.25, 0.3) is 0 Å². The van der Waals surface area contributed by atoms with Gasteiger partial charge in [0, 0.05) is 12.0 Å². The van der Waals surface area contributed by atoms with Crippen LogP contribution in [0.15, 0.2) is 24.3 Å². The molecule has 1 aromatic carbocycles. The molecule has 0 aliphatic heterocycles. The van der Waals surface area contributed by atoms with Crippen molar-refractivity contribution in [3.63, 3.8) is 0 Å². The van der Waals surface area contributed by atoms with Gasteiger partial charge in [-0.1, -0.05) is 51.0 Å². The molecule has 1 aromatic rings. The highest BCUT2D eigenvalue weighted by atomic mass is 14.9. The fourth-order valence-electron chi connectivity index (χ4n) is 3.53. The first kappa shape index (κ1) is 12.6. The predicted octanol–water partition coefficient (Wildman–Crippen LogP) is 3.74. The van der Waals surface area contributed by atoms with Crippen LogP contribution in [0.5, 0.6) is 0 Å². The average molecular weight is 231 g/mol. The highest BCUT2D eigenvalue weighted by Gasteiger charge is 2.32. The number of rotatable bonds is 5. The summed E-state index contributed by atoms with van der Waals surface area (Å²) in [6.45, 7) is 4.64. The Morgan fingerprint density at radius 3 is 2.59 bits per heavy atom. The summed E-state index contributed by atoms with van der Waals surface area (Å²) < 4.78 is 0. The molecule has 0 saturated heterocycles. The predicted molar refractivity (Wildman–Crippen MR) is 74.4 cm³/mol. The van der Waals surface area contributed by atoms with Crippen molar-refractivity contribution in [2.24, 2.45) is 5.92 Å². The zero-order valence-corrected chi connectivity index (χ0v) is 11.4. The van der Waals surface area contributed by atoms with E-state index < -0.39 is 0 Å². The van der Waals surface area contributed by atoms with E-state index in [0.717, 1.165) is 11.8 Å². The van der Waals surface area contributed by atoms with Gasteiger partial charge in [0.2, 0.25) is 0 Å². The van der Waals surface area contributed by atoms with E-state index in [2.05, 4.69) is 50.5 Å². The standard InChI is InChI=1S/C16H25N/c1-4-12(5-2)16(17-3)15-11-10-13-8-6-7-9-14(13)15/h6-9,12,15-17H,4-5,10-11H2,1-3H3. The smallest absolute Gasteiger partial charge is 0.0161 e. The maximum atomic E-state index is 3.59. The van der Waals surface area contributed by atoms with Crippen LogP contribution in [-0.2, 0) is 6.42 Å². The number of fused-ring (bicyclic) bond motifs is 1. The van der Waals surface area contributed by atoms with Crippen molar-refractivity contribution >= 4 is 0 Å². The third kappa shape index (κ3) is 2.40. The van der Waals surface area contributed by atoms with Gasteiger partial charge in [0.25, 0.3) is 0 Å². The maximum Gasteiger partial charge on any atom is 0.0161 e. The average Bonchev–Trinajstić information content (AvgIpc) is 2.79. The highest BCUT2D eigenvalue weighted by Crippen LogP contribution is 2.38. The molecule has 0 aromatic heterocycles. The summed E-state index contributed by atoms with van der Waals surface area (Å²) in [5, 5.41) is 3.59. The third-order valence-corrected chi connectivity index (χ3v) is 4.50. The molecule has 17 heavy (non-hydrogen) atoms. The Labute approximate surface area is 106 Å². The van der Waals surface area contributed by atoms with Crippen molar-refractivity contribution in [3.05, 3.63) is 35.4 Å². The molecule has 2 rings (SSSR count). The molecule has 1 aliphatic carbocycles. The van der Waals surface area contributed by atoms with E-state index in [0.29, 0.717) is 6.04 Å². The monoisotopic (exact) mass is 231 g/mol. The Kier molecular flexibility index (Phi) is 4.22. The molecule has 0 bridgehead atoms. The van der Waals surface area contributed by atoms with Gasteiger partial charge in [-0.25, -0.2) is 0 Å². The largest absolute Gasteiger partial charge is 0.316 e. The van der Waals surface area contributed by atoms with E-state index >= 15 is 0 Å². The van der Waals surface area contributed by atoms with Crippen LogP contribution >= 0.6 is 0 Å². The van der Waals surface area contributed by atoms with Crippen LogP contribution in [0.4, 0.5) is 0 Å².